The maximum atomic E-state index is 12.9. The number of benzene rings is 4. The van der Waals surface area contributed by atoms with Crippen LogP contribution in [0.15, 0.2) is 69.6 Å². The molecule has 11 nitrogen and oxygen atoms in total. The number of nitrogens with two attached hydrogens (primary N) is 1. The summed E-state index contributed by atoms with van der Waals surface area (Å²) >= 11 is 6.77. The molecule has 0 spiro atoms. The van der Waals surface area contributed by atoms with Crippen LogP contribution in [0.2, 0.25) is 0 Å². The number of halogens is 2. The minimum absolute atomic E-state index is 0.198. The van der Waals surface area contributed by atoms with Gasteiger partial charge in [-0.15, -0.1) is 0 Å². The second kappa shape index (κ2) is 16.7. The topological polar surface area (TPSA) is 138 Å². The van der Waals surface area contributed by atoms with Crippen LogP contribution in [-0.4, -0.2) is 68.9 Å². The van der Waals surface area contributed by atoms with Crippen LogP contribution in [0.5, 0.6) is 11.5 Å². The number of fused-ring (bicyclic) bond motifs is 2. The number of methoxy groups -OCH3 is 2. The predicted octanol–water partition coefficient (Wildman–Crippen LogP) is 6.94. The average molecular weight is 823 g/mol. The molecule has 2 heterocycles. The van der Waals surface area contributed by atoms with Gasteiger partial charge in [-0.25, -0.2) is 0 Å². The molecule has 2 aliphatic rings. The Kier molecular flexibility index (Phi) is 12.4. The van der Waals surface area contributed by atoms with Crippen molar-refractivity contribution in [2.45, 2.75) is 32.9 Å². The molecule has 0 bridgehead atoms. The van der Waals surface area contributed by atoms with Crippen LogP contribution in [-0.2, 0) is 30.7 Å². The van der Waals surface area contributed by atoms with Crippen molar-refractivity contribution >= 4 is 72.3 Å². The van der Waals surface area contributed by atoms with Crippen molar-refractivity contribution in [3.63, 3.8) is 0 Å². The van der Waals surface area contributed by atoms with Crippen LogP contribution in [0.4, 0.5) is 22.7 Å². The van der Waals surface area contributed by atoms with Crippen molar-refractivity contribution in [3.05, 3.63) is 103 Å². The summed E-state index contributed by atoms with van der Waals surface area (Å²) in [5.74, 6) is 0.187. The fourth-order valence-corrected chi connectivity index (χ4v) is 7.00. The van der Waals surface area contributed by atoms with Crippen LogP contribution in [0.3, 0.4) is 0 Å². The second-order valence-electron chi connectivity index (χ2n) is 12.6. The lowest BCUT2D eigenvalue weighted by Crippen LogP contribution is -2.27. The minimum atomic E-state index is -0.255. The third-order valence-electron chi connectivity index (χ3n) is 8.82. The summed E-state index contributed by atoms with van der Waals surface area (Å²) in [7, 11) is 7.22. The van der Waals surface area contributed by atoms with Crippen molar-refractivity contribution in [1.82, 2.24) is 9.80 Å². The standard InChI is InChI=1S/C20H22BrN3O3.C18H20BrN3O2/c1-12(25)22-18-10-19(27-3)15(9-16(18)21)20(26)23-17-6-4-5-13-11-24(2)8-7-14(13)17;1-22-7-6-12-11(10-22)4-3-5-16(12)21-18(23)13-8-14(19)15(20)9-17(13)24-2/h4-6,9-10H,7-8,11H2,1-3H3,(H,22,25)(H,23,26);3-5,8-9H,6-7,10,20H2,1-2H3,(H,21,23). The number of hydrogen-bond acceptors (Lipinski definition) is 8. The molecule has 6 rings (SSSR count). The first-order valence-electron chi connectivity index (χ1n) is 16.4. The van der Waals surface area contributed by atoms with E-state index in [1.165, 1.54) is 43.4 Å². The molecule has 4 aromatic rings. The van der Waals surface area contributed by atoms with E-state index in [-0.39, 0.29) is 17.7 Å². The number of likely N-dealkylation sites (N-methyl/N-ethyl adjacent to an activating group) is 2. The van der Waals surface area contributed by atoms with Crippen LogP contribution in [0.1, 0.15) is 49.9 Å². The van der Waals surface area contributed by atoms with Gasteiger partial charge in [-0.3, -0.25) is 14.4 Å². The monoisotopic (exact) mass is 820 g/mol. The zero-order chi connectivity index (χ0) is 36.8. The van der Waals surface area contributed by atoms with E-state index in [1.807, 2.05) is 24.3 Å². The van der Waals surface area contributed by atoms with Crippen molar-refractivity contribution in [1.29, 1.82) is 0 Å². The number of ether oxygens (including phenoxy) is 2. The van der Waals surface area contributed by atoms with Crippen molar-refractivity contribution in [2.24, 2.45) is 0 Å². The van der Waals surface area contributed by atoms with Gasteiger partial charge in [0.25, 0.3) is 11.8 Å². The Hall–Kier alpha value is -4.43. The molecular weight excluding hydrogens is 780 g/mol. The number of rotatable bonds is 7. The third kappa shape index (κ3) is 9.09. The molecule has 5 N–H and O–H groups in total. The highest BCUT2D eigenvalue weighted by molar-refractivity contribution is 9.11. The molecule has 13 heteroatoms. The average Bonchev–Trinajstić information content (AvgIpc) is 3.09. The zero-order valence-electron chi connectivity index (χ0n) is 29.3. The fraction of sp³-hybridized carbons (Fsp3) is 0.289. The predicted molar refractivity (Wildman–Crippen MR) is 209 cm³/mol. The summed E-state index contributed by atoms with van der Waals surface area (Å²) < 4.78 is 11.9. The van der Waals surface area contributed by atoms with E-state index in [1.54, 1.807) is 24.3 Å². The number of carbonyl (C=O) groups is 3. The van der Waals surface area contributed by atoms with E-state index in [9.17, 15) is 14.4 Å². The SMILES string of the molecule is COc1cc(N)c(Br)cc1C(=O)Nc1cccc2c1CCN(C)C2.COc1cc(NC(C)=O)c(Br)cc1C(=O)Nc1cccc2c1CCN(C)C2. The summed E-state index contributed by atoms with van der Waals surface area (Å²) in [6.07, 6.45) is 1.81. The Labute approximate surface area is 315 Å². The molecule has 0 aliphatic carbocycles. The highest BCUT2D eigenvalue weighted by Gasteiger charge is 2.22. The highest BCUT2D eigenvalue weighted by Crippen LogP contribution is 2.34. The summed E-state index contributed by atoms with van der Waals surface area (Å²) in [4.78, 5) is 41.5. The Morgan fingerprint density at radius 3 is 1.63 bits per heavy atom. The maximum Gasteiger partial charge on any atom is 0.259 e. The quantitative estimate of drug-likeness (QED) is 0.147. The lowest BCUT2D eigenvalue weighted by molar-refractivity contribution is -0.114. The van der Waals surface area contributed by atoms with Gasteiger partial charge >= 0.3 is 0 Å². The number of anilines is 4. The highest BCUT2D eigenvalue weighted by atomic mass is 79.9. The lowest BCUT2D eigenvalue weighted by Gasteiger charge is -2.26. The number of hydrogen-bond donors (Lipinski definition) is 4. The van der Waals surface area contributed by atoms with E-state index in [0.717, 1.165) is 50.4 Å². The summed E-state index contributed by atoms with van der Waals surface area (Å²) in [6, 6.07) is 18.6. The summed E-state index contributed by atoms with van der Waals surface area (Å²) in [6.45, 7) is 5.14. The molecule has 0 radical (unpaired) electrons. The van der Waals surface area contributed by atoms with E-state index < -0.39 is 0 Å². The molecule has 51 heavy (non-hydrogen) atoms. The zero-order valence-corrected chi connectivity index (χ0v) is 32.5. The third-order valence-corrected chi connectivity index (χ3v) is 10.2. The molecule has 0 saturated heterocycles. The molecule has 0 fully saturated rings. The first-order chi connectivity index (χ1) is 24.4. The Morgan fingerprint density at radius 1 is 0.686 bits per heavy atom. The molecule has 0 saturated carbocycles. The van der Waals surface area contributed by atoms with Crippen LogP contribution < -0.4 is 31.2 Å². The van der Waals surface area contributed by atoms with Gasteiger partial charge in [-0.1, -0.05) is 24.3 Å². The Morgan fingerprint density at radius 2 is 1.16 bits per heavy atom. The molecule has 2 aliphatic heterocycles. The van der Waals surface area contributed by atoms with Crippen LogP contribution in [0.25, 0.3) is 0 Å². The number of carbonyl (C=O) groups excluding carboxylic acids is 3. The van der Waals surface area contributed by atoms with E-state index in [0.29, 0.717) is 42.9 Å². The van der Waals surface area contributed by atoms with Gasteiger partial charge in [0.15, 0.2) is 0 Å². The molecule has 0 aromatic heterocycles. The first kappa shape index (κ1) is 37.8. The molecule has 3 amide bonds. The van der Waals surface area contributed by atoms with Gasteiger partial charge in [0.05, 0.1) is 31.0 Å². The first-order valence-corrected chi connectivity index (χ1v) is 18.0. The van der Waals surface area contributed by atoms with Crippen molar-refractivity contribution in [3.8, 4) is 11.5 Å². The van der Waals surface area contributed by atoms with Crippen molar-refractivity contribution in [2.75, 3.05) is 63.1 Å². The lowest BCUT2D eigenvalue weighted by atomic mass is 9.98. The Balaban J connectivity index is 0.000000199. The van der Waals surface area contributed by atoms with Gasteiger partial charge < -0.3 is 41.0 Å². The number of nitrogens with zero attached hydrogens (tertiary/aromatic N) is 2. The van der Waals surface area contributed by atoms with E-state index in [2.05, 4.69) is 83.8 Å². The molecule has 268 valence electrons. The normalized spacial score (nSPS) is 13.9. The molecular formula is C38H42Br2N6O5. The fourth-order valence-electron chi connectivity index (χ4n) is 6.22. The van der Waals surface area contributed by atoms with E-state index >= 15 is 0 Å². The minimum Gasteiger partial charge on any atom is -0.496 e. The van der Waals surface area contributed by atoms with Gasteiger partial charge in [0, 0.05) is 71.2 Å². The molecule has 4 aromatic carbocycles. The maximum absolute atomic E-state index is 12.9. The smallest absolute Gasteiger partial charge is 0.259 e. The molecule has 0 unspecified atom stereocenters. The molecule has 0 atom stereocenters. The number of nitrogens with one attached hydrogen (secondary N) is 3. The van der Waals surface area contributed by atoms with Gasteiger partial charge in [0.1, 0.15) is 11.5 Å². The van der Waals surface area contributed by atoms with Crippen LogP contribution >= 0.6 is 31.9 Å². The largest absolute Gasteiger partial charge is 0.496 e. The van der Waals surface area contributed by atoms with E-state index in [4.69, 9.17) is 15.2 Å². The second-order valence-corrected chi connectivity index (χ2v) is 14.3. The summed E-state index contributed by atoms with van der Waals surface area (Å²) in [5.41, 5.74) is 14.3. The van der Waals surface area contributed by atoms with Crippen molar-refractivity contribution < 1.29 is 23.9 Å². The van der Waals surface area contributed by atoms with Gasteiger partial charge in [-0.2, -0.15) is 0 Å². The van der Waals surface area contributed by atoms with Gasteiger partial charge in [-0.05, 0) is 105 Å². The Bertz CT molecular complexity index is 1970. The summed E-state index contributed by atoms with van der Waals surface area (Å²) in [5, 5.41) is 8.75. The number of amides is 3. The van der Waals surface area contributed by atoms with Gasteiger partial charge in [0.2, 0.25) is 5.91 Å². The van der Waals surface area contributed by atoms with Crippen LogP contribution in [0, 0.1) is 0 Å². The number of nitrogen functional groups attached to an aromatic ring is 1.